The fourth-order valence-electron chi connectivity index (χ4n) is 1.19. The van der Waals surface area contributed by atoms with Crippen LogP contribution in [0.3, 0.4) is 0 Å². The van der Waals surface area contributed by atoms with Crippen molar-refractivity contribution in [3.8, 4) is 0 Å². The van der Waals surface area contributed by atoms with E-state index in [0.29, 0.717) is 10.2 Å². The first-order valence-corrected chi connectivity index (χ1v) is 4.22. The highest BCUT2D eigenvalue weighted by atomic mass is 35.5. The molecule has 1 heterocycles. The first-order chi connectivity index (χ1) is 5.68. The van der Waals surface area contributed by atoms with Crippen molar-refractivity contribution >= 4 is 34.1 Å². The van der Waals surface area contributed by atoms with E-state index in [4.69, 9.17) is 23.2 Å². The van der Waals surface area contributed by atoms with Gasteiger partial charge in [-0.05, 0) is 18.2 Å². The SMILES string of the molecule is Cn1nc(Cl)c2ccc(Cl)cc21. The van der Waals surface area contributed by atoms with Crippen LogP contribution in [0.4, 0.5) is 0 Å². The van der Waals surface area contributed by atoms with Crippen LogP contribution >= 0.6 is 23.2 Å². The summed E-state index contributed by atoms with van der Waals surface area (Å²) in [5.74, 6) is 0. The number of fused-ring (bicyclic) bond motifs is 1. The quantitative estimate of drug-likeness (QED) is 0.640. The third-order valence-corrected chi connectivity index (χ3v) is 2.28. The third kappa shape index (κ3) is 1.08. The maximum Gasteiger partial charge on any atom is 0.158 e. The molecule has 0 spiro atoms. The number of benzene rings is 1. The Morgan fingerprint density at radius 2 is 2.08 bits per heavy atom. The molecule has 0 N–H and O–H groups in total. The van der Waals surface area contributed by atoms with Crippen LogP contribution in [0.2, 0.25) is 10.2 Å². The second-order valence-corrected chi connectivity index (χ2v) is 3.37. The zero-order chi connectivity index (χ0) is 8.72. The van der Waals surface area contributed by atoms with Crippen molar-refractivity contribution in [3.63, 3.8) is 0 Å². The smallest absolute Gasteiger partial charge is 0.158 e. The van der Waals surface area contributed by atoms with E-state index in [1.54, 1.807) is 10.7 Å². The third-order valence-electron chi connectivity index (χ3n) is 1.77. The maximum atomic E-state index is 5.86. The van der Waals surface area contributed by atoms with Crippen molar-refractivity contribution < 1.29 is 0 Å². The van der Waals surface area contributed by atoms with Crippen molar-refractivity contribution in [2.45, 2.75) is 0 Å². The van der Waals surface area contributed by atoms with E-state index in [2.05, 4.69) is 5.10 Å². The molecule has 62 valence electrons. The summed E-state index contributed by atoms with van der Waals surface area (Å²) in [5.41, 5.74) is 0.951. The van der Waals surface area contributed by atoms with Crippen molar-refractivity contribution in [1.29, 1.82) is 0 Å². The molecule has 4 heteroatoms. The molecule has 12 heavy (non-hydrogen) atoms. The van der Waals surface area contributed by atoms with Crippen molar-refractivity contribution in [2.24, 2.45) is 7.05 Å². The lowest BCUT2D eigenvalue weighted by Gasteiger charge is -1.93. The van der Waals surface area contributed by atoms with Gasteiger partial charge in [-0.15, -0.1) is 0 Å². The van der Waals surface area contributed by atoms with E-state index < -0.39 is 0 Å². The molecular formula is C8H6Cl2N2. The van der Waals surface area contributed by atoms with Gasteiger partial charge in [0, 0.05) is 17.5 Å². The van der Waals surface area contributed by atoms with Gasteiger partial charge in [-0.3, -0.25) is 4.68 Å². The van der Waals surface area contributed by atoms with E-state index in [-0.39, 0.29) is 0 Å². The molecule has 0 aliphatic rings. The standard InChI is InChI=1S/C8H6Cl2N2/c1-12-7-4-5(9)2-3-6(7)8(10)11-12/h2-4H,1H3. The van der Waals surface area contributed by atoms with Crippen molar-refractivity contribution in [2.75, 3.05) is 0 Å². The molecule has 0 atom stereocenters. The molecule has 0 bridgehead atoms. The summed E-state index contributed by atoms with van der Waals surface area (Å²) >= 11 is 11.7. The number of nitrogens with zero attached hydrogens (tertiary/aromatic N) is 2. The predicted molar refractivity (Wildman–Crippen MR) is 50.7 cm³/mol. The minimum atomic E-state index is 0.518. The van der Waals surface area contributed by atoms with Gasteiger partial charge in [0.1, 0.15) is 0 Å². The minimum absolute atomic E-state index is 0.518. The Kier molecular flexibility index (Phi) is 1.74. The molecule has 0 aliphatic carbocycles. The van der Waals surface area contributed by atoms with Crippen LogP contribution in [0.1, 0.15) is 0 Å². The Morgan fingerprint density at radius 3 is 2.83 bits per heavy atom. The second-order valence-electron chi connectivity index (χ2n) is 2.58. The van der Waals surface area contributed by atoms with Crippen LogP contribution in [-0.2, 0) is 7.05 Å². The maximum absolute atomic E-state index is 5.86. The fourth-order valence-corrected chi connectivity index (χ4v) is 1.63. The van der Waals surface area contributed by atoms with E-state index >= 15 is 0 Å². The average Bonchev–Trinajstić information content (AvgIpc) is 2.28. The molecule has 0 radical (unpaired) electrons. The summed E-state index contributed by atoms with van der Waals surface area (Å²) in [7, 11) is 1.84. The zero-order valence-corrected chi connectivity index (χ0v) is 7.89. The van der Waals surface area contributed by atoms with Crippen LogP contribution in [0, 0.1) is 0 Å². The first kappa shape index (κ1) is 7.90. The molecule has 0 unspecified atom stereocenters. The monoisotopic (exact) mass is 200 g/mol. The number of halogens is 2. The molecular weight excluding hydrogens is 195 g/mol. The highest BCUT2D eigenvalue weighted by Gasteiger charge is 2.05. The molecule has 0 saturated carbocycles. The van der Waals surface area contributed by atoms with E-state index in [1.165, 1.54) is 0 Å². The van der Waals surface area contributed by atoms with Gasteiger partial charge >= 0.3 is 0 Å². The van der Waals surface area contributed by atoms with Crippen molar-refractivity contribution in [3.05, 3.63) is 28.4 Å². The molecule has 2 nitrogen and oxygen atoms in total. The summed E-state index contributed by atoms with van der Waals surface area (Å²) in [5, 5.41) is 6.20. The zero-order valence-electron chi connectivity index (χ0n) is 6.38. The molecule has 2 rings (SSSR count). The normalized spacial score (nSPS) is 10.9. The second kappa shape index (κ2) is 2.64. The van der Waals surface area contributed by atoms with Gasteiger partial charge in [-0.1, -0.05) is 23.2 Å². The van der Waals surface area contributed by atoms with E-state index in [1.807, 2.05) is 19.2 Å². The van der Waals surface area contributed by atoms with Crippen LogP contribution in [-0.4, -0.2) is 9.78 Å². The minimum Gasteiger partial charge on any atom is -0.266 e. The Balaban J connectivity index is 2.90. The molecule has 2 aromatic rings. The topological polar surface area (TPSA) is 17.8 Å². The molecule has 1 aromatic carbocycles. The highest BCUT2D eigenvalue weighted by molar-refractivity contribution is 6.35. The van der Waals surface area contributed by atoms with Gasteiger partial charge in [0.25, 0.3) is 0 Å². The van der Waals surface area contributed by atoms with Crippen molar-refractivity contribution in [1.82, 2.24) is 9.78 Å². The highest BCUT2D eigenvalue weighted by Crippen LogP contribution is 2.24. The van der Waals surface area contributed by atoms with Gasteiger partial charge < -0.3 is 0 Å². The summed E-state index contributed by atoms with van der Waals surface area (Å²) < 4.78 is 1.71. The summed E-state index contributed by atoms with van der Waals surface area (Å²) in [6.45, 7) is 0. The van der Waals surface area contributed by atoms with Gasteiger partial charge in [0.15, 0.2) is 5.15 Å². The van der Waals surface area contributed by atoms with Crippen LogP contribution in [0.5, 0.6) is 0 Å². The molecule has 0 aliphatic heterocycles. The van der Waals surface area contributed by atoms with Crippen LogP contribution in [0.15, 0.2) is 18.2 Å². The summed E-state index contributed by atoms with van der Waals surface area (Å²) in [6.07, 6.45) is 0. The lowest BCUT2D eigenvalue weighted by atomic mass is 10.2. The molecule has 0 saturated heterocycles. The Bertz CT molecular complexity index is 434. The molecule has 0 amide bonds. The lowest BCUT2D eigenvalue weighted by molar-refractivity contribution is 0.797. The summed E-state index contributed by atoms with van der Waals surface area (Å²) in [4.78, 5) is 0. The van der Waals surface area contributed by atoms with Gasteiger partial charge in [-0.2, -0.15) is 5.10 Å². The van der Waals surface area contributed by atoms with E-state index in [0.717, 1.165) is 10.9 Å². The average molecular weight is 201 g/mol. The number of rotatable bonds is 0. The largest absolute Gasteiger partial charge is 0.266 e. The number of hydrogen-bond donors (Lipinski definition) is 0. The van der Waals surface area contributed by atoms with E-state index in [9.17, 15) is 0 Å². The number of aromatic nitrogens is 2. The number of aryl methyl sites for hydroxylation is 1. The molecule has 1 aromatic heterocycles. The number of hydrogen-bond acceptors (Lipinski definition) is 1. The van der Waals surface area contributed by atoms with Gasteiger partial charge in [-0.25, -0.2) is 0 Å². The van der Waals surface area contributed by atoms with Gasteiger partial charge in [0.2, 0.25) is 0 Å². The van der Waals surface area contributed by atoms with Crippen LogP contribution in [0.25, 0.3) is 10.9 Å². The Labute approximate surface area is 79.7 Å². The van der Waals surface area contributed by atoms with Crippen LogP contribution < -0.4 is 0 Å². The summed E-state index contributed by atoms with van der Waals surface area (Å²) in [6, 6.07) is 5.51. The lowest BCUT2D eigenvalue weighted by Crippen LogP contribution is -1.88. The Morgan fingerprint density at radius 1 is 1.33 bits per heavy atom. The Hall–Kier alpha value is -0.730. The van der Waals surface area contributed by atoms with Gasteiger partial charge in [0.05, 0.1) is 5.52 Å². The first-order valence-electron chi connectivity index (χ1n) is 3.46. The predicted octanol–water partition coefficient (Wildman–Crippen LogP) is 2.88. The fraction of sp³-hybridized carbons (Fsp3) is 0.125. The molecule has 0 fully saturated rings.